The Hall–Kier alpha value is -0.540. The Morgan fingerprint density at radius 1 is 1.25 bits per heavy atom. The molecule has 1 aliphatic heterocycles. The van der Waals surface area contributed by atoms with E-state index in [2.05, 4.69) is 65.1 Å². The van der Waals surface area contributed by atoms with Crippen LogP contribution < -0.4 is 10.2 Å². The molecule has 1 aromatic rings. The van der Waals surface area contributed by atoms with E-state index in [1.807, 2.05) is 0 Å². The van der Waals surface area contributed by atoms with Crippen molar-refractivity contribution in [2.45, 2.75) is 46.6 Å². The second kappa shape index (κ2) is 6.95. The zero-order chi connectivity index (χ0) is 14.6. The molecule has 0 spiro atoms. The van der Waals surface area contributed by atoms with E-state index in [0.717, 1.165) is 13.1 Å². The van der Waals surface area contributed by atoms with Crippen LogP contribution in [0.25, 0.3) is 0 Å². The normalized spacial score (nSPS) is 18.3. The monoisotopic (exact) mass is 338 g/mol. The van der Waals surface area contributed by atoms with Crippen LogP contribution in [0.2, 0.25) is 0 Å². The second-order valence-electron chi connectivity index (χ2n) is 6.20. The Labute approximate surface area is 132 Å². The molecular formula is C17H27BrN2. The minimum atomic E-state index is 0.546. The first kappa shape index (κ1) is 15.8. The standard InChI is InChI=1S/C17H27BrN2/c1-4-17(3)8-10-20(11-9-17)16-12-15(18)7-6-14(16)13-19-5-2/h6-7,12,19H,4-5,8-11,13H2,1-3H3. The van der Waals surface area contributed by atoms with Crippen LogP contribution in [0, 0.1) is 5.41 Å². The summed E-state index contributed by atoms with van der Waals surface area (Å²) in [5, 5.41) is 3.45. The molecule has 1 heterocycles. The van der Waals surface area contributed by atoms with Crippen LogP contribution in [-0.4, -0.2) is 19.6 Å². The topological polar surface area (TPSA) is 15.3 Å². The van der Waals surface area contributed by atoms with Crippen LogP contribution in [0.15, 0.2) is 22.7 Å². The molecular weight excluding hydrogens is 312 g/mol. The van der Waals surface area contributed by atoms with Gasteiger partial charge in [-0.2, -0.15) is 0 Å². The average molecular weight is 339 g/mol. The van der Waals surface area contributed by atoms with E-state index in [0.29, 0.717) is 5.41 Å². The lowest BCUT2D eigenvalue weighted by molar-refractivity contribution is 0.238. The molecule has 0 saturated carbocycles. The molecule has 3 heteroatoms. The van der Waals surface area contributed by atoms with Gasteiger partial charge in [-0.05, 0) is 42.5 Å². The van der Waals surface area contributed by atoms with Gasteiger partial charge in [0.05, 0.1) is 0 Å². The summed E-state index contributed by atoms with van der Waals surface area (Å²) in [4.78, 5) is 2.56. The van der Waals surface area contributed by atoms with E-state index in [-0.39, 0.29) is 0 Å². The number of benzene rings is 1. The number of nitrogens with one attached hydrogen (secondary N) is 1. The largest absolute Gasteiger partial charge is 0.371 e. The van der Waals surface area contributed by atoms with Crippen molar-refractivity contribution in [2.75, 3.05) is 24.5 Å². The predicted molar refractivity (Wildman–Crippen MR) is 91.4 cm³/mol. The predicted octanol–water partition coefficient (Wildman–Crippen LogP) is 4.58. The van der Waals surface area contributed by atoms with Gasteiger partial charge >= 0.3 is 0 Å². The summed E-state index contributed by atoms with van der Waals surface area (Å²) in [5.74, 6) is 0. The highest BCUT2D eigenvalue weighted by molar-refractivity contribution is 9.10. The molecule has 0 aromatic heterocycles. The molecule has 1 fully saturated rings. The van der Waals surface area contributed by atoms with Crippen LogP contribution in [0.5, 0.6) is 0 Å². The van der Waals surface area contributed by atoms with E-state index in [1.165, 1.54) is 48.1 Å². The van der Waals surface area contributed by atoms with Gasteiger partial charge in [-0.3, -0.25) is 0 Å². The highest BCUT2D eigenvalue weighted by Gasteiger charge is 2.29. The molecule has 1 aromatic carbocycles. The zero-order valence-corrected chi connectivity index (χ0v) is 14.6. The fraction of sp³-hybridized carbons (Fsp3) is 0.647. The number of nitrogens with zero attached hydrogens (tertiary/aromatic N) is 1. The summed E-state index contributed by atoms with van der Waals surface area (Å²) >= 11 is 3.62. The molecule has 0 amide bonds. The molecule has 2 nitrogen and oxygen atoms in total. The maximum atomic E-state index is 3.62. The highest BCUT2D eigenvalue weighted by Crippen LogP contribution is 2.37. The van der Waals surface area contributed by atoms with Crippen molar-refractivity contribution in [3.63, 3.8) is 0 Å². The molecule has 0 aliphatic carbocycles. The zero-order valence-electron chi connectivity index (χ0n) is 13.0. The quantitative estimate of drug-likeness (QED) is 0.845. The van der Waals surface area contributed by atoms with Crippen molar-refractivity contribution in [3.05, 3.63) is 28.2 Å². The van der Waals surface area contributed by atoms with Crippen LogP contribution in [0.4, 0.5) is 5.69 Å². The number of rotatable bonds is 5. The number of piperidine rings is 1. The van der Waals surface area contributed by atoms with Crippen molar-refractivity contribution in [3.8, 4) is 0 Å². The van der Waals surface area contributed by atoms with Crippen molar-refractivity contribution in [1.29, 1.82) is 0 Å². The second-order valence-corrected chi connectivity index (χ2v) is 7.12. The van der Waals surface area contributed by atoms with Crippen molar-refractivity contribution in [2.24, 2.45) is 5.41 Å². The van der Waals surface area contributed by atoms with Gasteiger partial charge in [-0.1, -0.05) is 49.2 Å². The lowest BCUT2D eigenvalue weighted by atomic mass is 9.78. The average Bonchev–Trinajstić information content (AvgIpc) is 2.47. The SMILES string of the molecule is CCNCc1ccc(Br)cc1N1CCC(C)(CC)CC1. The molecule has 0 radical (unpaired) electrons. The van der Waals surface area contributed by atoms with E-state index in [9.17, 15) is 0 Å². The highest BCUT2D eigenvalue weighted by atomic mass is 79.9. The van der Waals surface area contributed by atoms with E-state index >= 15 is 0 Å². The van der Waals surface area contributed by atoms with Crippen LogP contribution >= 0.6 is 15.9 Å². The number of hydrogen-bond acceptors (Lipinski definition) is 2. The molecule has 0 unspecified atom stereocenters. The molecule has 1 saturated heterocycles. The minimum absolute atomic E-state index is 0.546. The third-order valence-electron chi connectivity index (χ3n) is 4.78. The Bertz CT molecular complexity index is 437. The molecule has 0 atom stereocenters. The van der Waals surface area contributed by atoms with Gasteiger partial charge < -0.3 is 10.2 Å². The van der Waals surface area contributed by atoms with Crippen LogP contribution in [0.3, 0.4) is 0 Å². The number of halogens is 1. The summed E-state index contributed by atoms with van der Waals surface area (Å²) in [6.45, 7) is 11.3. The molecule has 20 heavy (non-hydrogen) atoms. The molecule has 1 aliphatic rings. The van der Waals surface area contributed by atoms with Gasteiger partial charge in [0.1, 0.15) is 0 Å². The van der Waals surface area contributed by atoms with Crippen molar-refractivity contribution < 1.29 is 0 Å². The van der Waals surface area contributed by atoms with Gasteiger partial charge in [0.2, 0.25) is 0 Å². The van der Waals surface area contributed by atoms with Crippen LogP contribution in [0.1, 0.15) is 45.6 Å². The first-order chi connectivity index (χ1) is 9.58. The van der Waals surface area contributed by atoms with Gasteiger partial charge in [0.15, 0.2) is 0 Å². The molecule has 0 bridgehead atoms. The van der Waals surface area contributed by atoms with Crippen molar-refractivity contribution in [1.82, 2.24) is 5.32 Å². The Balaban J connectivity index is 2.13. The summed E-state index contributed by atoms with van der Waals surface area (Å²) < 4.78 is 1.18. The van der Waals surface area contributed by atoms with Crippen LogP contribution in [-0.2, 0) is 6.54 Å². The first-order valence-electron chi connectivity index (χ1n) is 7.82. The lowest BCUT2D eigenvalue weighted by Crippen LogP contribution is -2.39. The smallest absolute Gasteiger partial charge is 0.0423 e. The number of anilines is 1. The fourth-order valence-corrected chi connectivity index (χ4v) is 3.23. The van der Waals surface area contributed by atoms with Gasteiger partial charge in [0, 0.05) is 29.8 Å². The fourth-order valence-electron chi connectivity index (χ4n) is 2.88. The summed E-state index contributed by atoms with van der Waals surface area (Å²) in [6, 6.07) is 6.67. The van der Waals surface area contributed by atoms with Crippen molar-refractivity contribution >= 4 is 21.6 Å². The van der Waals surface area contributed by atoms with Gasteiger partial charge in [-0.15, -0.1) is 0 Å². The van der Waals surface area contributed by atoms with E-state index < -0.39 is 0 Å². The van der Waals surface area contributed by atoms with Gasteiger partial charge in [-0.25, -0.2) is 0 Å². The maximum absolute atomic E-state index is 3.62. The third-order valence-corrected chi connectivity index (χ3v) is 5.27. The third kappa shape index (κ3) is 3.76. The van der Waals surface area contributed by atoms with Gasteiger partial charge in [0.25, 0.3) is 0 Å². The summed E-state index contributed by atoms with van der Waals surface area (Å²) in [7, 11) is 0. The van der Waals surface area contributed by atoms with E-state index in [4.69, 9.17) is 0 Å². The Kier molecular flexibility index (Phi) is 5.50. The molecule has 2 rings (SSSR count). The van der Waals surface area contributed by atoms with E-state index in [1.54, 1.807) is 0 Å². The Morgan fingerprint density at radius 3 is 2.55 bits per heavy atom. The molecule has 112 valence electrons. The summed E-state index contributed by atoms with van der Waals surface area (Å²) in [5.41, 5.74) is 3.36. The molecule has 1 N–H and O–H groups in total. The minimum Gasteiger partial charge on any atom is -0.371 e. The first-order valence-corrected chi connectivity index (χ1v) is 8.61. The maximum Gasteiger partial charge on any atom is 0.0423 e. The number of hydrogen-bond donors (Lipinski definition) is 1. The summed E-state index contributed by atoms with van der Waals surface area (Å²) in [6.07, 6.45) is 3.90. The lowest BCUT2D eigenvalue weighted by Gasteiger charge is -2.40. The Morgan fingerprint density at radius 2 is 1.95 bits per heavy atom.